The zero-order valence-corrected chi connectivity index (χ0v) is 12.7. The van der Waals surface area contributed by atoms with Crippen molar-refractivity contribution in [1.82, 2.24) is 5.32 Å². The van der Waals surface area contributed by atoms with Crippen LogP contribution < -0.4 is 5.32 Å². The first kappa shape index (κ1) is 18.7. The van der Waals surface area contributed by atoms with E-state index in [2.05, 4.69) is 10.1 Å². The van der Waals surface area contributed by atoms with Gasteiger partial charge in [-0.05, 0) is 20.8 Å². The van der Waals surface area contributed by atoms with Gasteiger partial charge in [0.05, 0.1) is 40.0 Å². The molecular weight excluding hydrogens is 266 g/mol. The molecular formula is C13H25NO6. The Morgan fingerprint density at radius 1 is 1.00 bits per heavy atom. The topological polar surface area (TPSA) is 83.1 Å². The Hall–Kier alpha value is -1.34. The van der Waals surface area contributed by atoms with Gasteiger partial charge >= 0.3 is 12.1 Å². The Kier molecular flexibility index (Phi) is 9.75. The summed E-state index contributed by atoms with van der Waals surface area (Å²) in [5.74, 6) is -0.299. The van der Waals surface area contributed by atoms with Crippen molar-refractivity contribution < 1.29 is 28.5 Å². The van der Waals surface area contributed by atoms with Gasteiger partial charge in [-0.3, -0.25) is 4.79 Å². The molecule has 0 aromatic rings. The second-order valence-electron chi connectivity index (χ2n) is 4.98. The van der Waals surface area contributed by atoms with E-state index in [0.717, 1.165) is 0 Å². The van der Waals surface area contributed by atoms with E-state index in [-0.39, 0.29) is 12.4 Å². The van der Waals surface area contributed by atoms with Gasteiger partial charge < -0.3 is 24.3 Å². The fourth-order valence-corrected chi connectivity index (χ4v) is 1.12. The average molecular weight is 291 g/mol. The van der Waals surface area contributed by atoms with Crippen LogP contribution in [0.3, 0.4) is 0 Å². The van der Waals surface area contributed by atoms with Gasteiger partial charge in [-0.2, -0.15) is 0 Å². The van der Waals surface area contributed by atoms with Crippen LogP contribution >= 0.6 is 0 Å². The summed E-state index contributed by atoms with van der Waals surface area (Å²) in [5, 5.41) is 2.58. The number of hydrogen-bond acceptors (Lipinski definition) is 6. The molecule has 0 atom stereocenters. The molecule has 20 heavy (non-hydrogen) atoms. The lowest BCUT2D eigenvalue weighted by atomic mass is 10.2. The third-order valence-corrected chi connectivity index (χ3v) is 1.96. The first-order valence-electron chi connectivity index (χ1n) is 6.54. The van der Waals surface area contributed by atoms with E-state index in [1.54, 1.807) is 20.8 Å². The number of ether oxygens (including phenoxy) is 4. The third-order valence-electron chi connectivity index (χ3n) is 1.96. The Bertz CT molecular complexity index is 287. The SMILES string of the molecule is COC(=O)CCOCCOCCNC(=O)OC(C)(C)C. The van der Waals surface area contributed by atoms with E-state index in [9.17, 15) is 9.59 Å². The van der Waals surface area contributed by atoms with Gasteiger partial charge in [0.2, 0.25) is 0 Å². The molecule has 0 fully saturated rings. The van der Waals surface area contributed by atoms with Gasteiger partial charge in [-0.1, -0.05) is 0 Å². The van der Waals surface area contributed by atoms with Crippen LogP contribution in [-0.2, 0) is 23.7 Å². The molecule has 0 aliphatic carbocycles. The molecule has 0 aromatic carbocycles. The minimum absolute atomic E-state index is 0.233. The molecule has 1 N–H and O–H groups in total. The highest BCUT2D eigenvalue weighted by Crippen LogP contribution is 2.05. The van der Waals surface area contributed by atoms with E-state index in [1.165, 1.54) is 7.11 Å². The Labute approximate surface area is 119 Å². The number of methoxy groups -OCH3 is 1. The van der Waals surface area contributed by atoms with Crippen molar-refractivity contribution >= 4 is 12.1 Å². The highest BCUT2D eigenvalue weighted by molar-refractivity contribution is 5.69. The third kappa shape index (κ3) is 13.1. The number of alkyl carbamates (subject to hydrolysis) is 1. The normalized spacial score (nSPS) is 11.0. The predicted molar refractivity (Wildman–Crippen MR) is 72.5 cm³/mol. The largest absolute Gasteiger partial charge is 0.469 e. The molecule has 0 spiro atoms. The zero-order valence-electron chi connectivity index (χ0n) is 12.7. The van der Waals surface area contributed by atoms with Crippen molar-refractivity contribution in [3.8, 4) is 0 Å². The van der Waals surface area contributed by atoms with Crippen molar-refractivity contribution in [3.63, 3.8) is 0 Å². The van der Waals surface area contributed by atoms with E-state index >= 15 is 0 Å². The van der Waals surface area contributed by atoms with Crippen LogP contribution in [-0.4, -0.2) is 57.7 Å². The molecule has 7 heteroatoms. The molecule has 0 saturated carbocycles. The number of nitrogens with one attached hydrogen (secondary N) is 1. The fraction of sp³-hybridized carbons (Fsp3) is 0.846. The number of rotatable bonds is 9. The standard InChI is InChI=1S/C13H25NO6/c1-13(2,3)20-12(16)14-6-8-19-10-9-18-7-5-11(15)17-4/h5-10H2,1-4H3,(H,14,16). The smallest absolute Gasteiger partial charge is 0.407 e. The summed E-state index contributed by atoms with van der Waals surface area (Å²) in [7, 11) is 1.34. The second kappa shape index (κ2) is 10.4. The maximum absolute atomic E-state index is 11.3. The Morgan fingerprint density at radius 2 is 1.60 bits per heavy atom. The number of carbonyl (C=O) groups excluding carboxylic acids is 2. The first-order chi connectivity index (χ1) is 9.35. The predicted octanol–water partition coefficient (Wildman–Crippen LogP) is 1.11. The van der Waals surface area contributed by atoms with Crippen LogP contribution in [0.2, 0.25) is 0 Å². The van der Waals surface area contributed by atoms with Crippen LogP contribution in [0.1, 0.15) is 27.2 Å². The van der Waals surface area contributed by atoms with Crippen molar-refractivity contribution in [2.75, 3.05) is 40.1 Å². The maximum Gasteiger partial charge on any atom is 0.407 e. The van der Waals surface area contributed by atoms with Gasteiger partial charge in [0.15, 0.2) is 0 Å². The monoisotopic (exact) mass is 291 g/mol. The Balaban J connectivity index is 3.29. The highest BCUT2D eigenvalue weighted by Gasteiger charge is 2.15. The molecule has 0 aromatic heterocycles. The summed E-state index contributed by atoms with van der Waals surface area (Å²) < 4.78 is 19.9. The summed E-state index contributed by atoms with van der Waals surface area (Å²) in [6, 6.07) is 0. The van der Waals surface area contributed by atoms with Gasteiger partial charge in [0.1, 0.15) is 5.60 Å². The van der Waals surface area contributed by atoms with E-state index in [4.69, 9.17) is 14.2 Å². The first-order valence-corrected chi connectivity index (χ1v) is 6.54. The minimum atomic E-state index is -0.502. The van der Waals surface area contributed by atoms with Gasteiger partial charge in [-0.25, -0.2) is 4.79 Å². The summed E-state index contributed by atoms with van der Waals surface area (Å²) in [6.45, 7) is 7.25. The van der Waals surface area contributed by atoms with E-state index in [0.29, 0.717) is 33.0 Å². The van der Waals surface area contributed by atoms with Gasteiger partial charge in [0, 0.05) is 6.54 Å². The molecule has 0 aliphatic heterocycles. The lowest BCUT2D eigenvalue weighted by molar-refractivity contribution is -0.141. The molecule has 0 bridgehead atoms. The van der Waals surface area contributed by atoms with Crippen molar-refractivity contribution in [2.24, 2.45) is 0 Å². The summed E-state index contributed by atoms with van der Waals surface area (Å²) in [4.78, 5) is 22.0. The maximum atomic E-state index is 11.3. The minimum Gasteiger partial charge on any atom is -0.469 e. The van der Waals surface area contributed by atoms with Crippen LogP contribution in [0, 0.1) is 0 Å². The van der Waals surface area contributed by atoms with Crippen LogP contribution in [0.4, 0.5) is 4.79 Å². The molecule has 0 rings (SSSR count). The van der Waals surface area contributed by atoms with Crippen molar-refractivity contribution in [1.29, 1.82) is 0 Å². The molecule has 0 aliphatic rings. The highest BCUT2D eigenvalue weighted by atomic mass is 16.6. The molecule has 0 radical (unpaired) electrons. The average Bonchev–Trinajstić information content (AvgIpc) is 2.34. The van der Waals surface area contributed by atoms with Crippen LogP contribution in [0.25, 0.3) is 0 Å². The molecule has 1 amide bonds. The van der Waals surface area contributed by atoms with Crippen LogP contribution in [0.5, 0.6) is 0 Å². The zero-order chi connectivity index (χ0) is 15.4. The summed E-state index contributed by atoms with van der Waals surface area (Å²) in [5.41, 5.74) is -0.502. The van der Waals surface area contributed by atoms with E-state index in [1.807, 2.05) is 0 Å². The lowest BCUT2D eigenvalue weighted by Crippen LogP contribution is -2.34. The van der Waals surface area contributed by atoms with Crippen molar-refractivity contribution in [3.05, 3.63) is 0 Å². The van der Waals surface area contributed by atoms with Gasteiger partial charge in [0.25, 0.3) is 0 Å². The van der Waals surface area contributed by atoms with E-state index < -0.39 is 11.7 Å². The fourth-order valence-electron chi connectivity index (χ4n) is 1.12. The number of amides is 1. The molecule has 0 heterocycles. The molecule has 7 nitrogen and oxygen atoms in total. The Morgan fingerprint density at radius 3 is 2.15 bits per heavy atom. The summed E-state index contributed by atoms with van der Waals surface area (Å²) >= 11 is 0. The molecule has 118 valence electrons. The molecule has 0 saturated heterocycles. The quantitative estimate of drug-likeness (QED) is 0.506. The number of esters is 1. The number of hydrogen-bond donors (Lipinski definition) is 1. The lowest BCUT2D eigenvalue weighted by Gasteiger charge is -2.19. The van der Waals surface area contributed by atoms with Gasteiger partial charge in [-0.15, -0.1) is 0 Å². The summed E-state index contributed by atoms with van der Waals surface area (Å²) in [6.07, 6.45) is -0.230. The molecule has 0 unspecified atom stereocenters. The van der Waals surface area contributed by atoms with Crippen LogP contribution in [0.15, 0.2) is 0 Å². The second-order valence-corrected chi connectivity index (χ2v) is 4.98. The van der Waals surface area contributed by atoms with Crippen molar-refractivity contribution in [2.45, 2.75) is 32.8 Å². The number of carbonyl (C=O) groups is 2.